The number of aliphatic carboxylic acids is 1. The van der Waals surface area contributed by atoms with Gasteiger partial charge in [-0.15, -0.1) is 11.3 Å². The van der Waals surface area contributed by atoms with Crippen LogP contribution in [0.1, 0.15) is 50.7 Å². The molecule has 0 bridgehead atoms. The Morgan fingerprint density at radius 1 is 1.45 bits per heavy atom. The van der Waals surface area contributed by atoms with E-state index in [0.717, 1.165) is 38.2 Å². The van der Waals surface area contributed by atoms with E-state index in [2.05, 4.69) is 31.1 Å². The largest absolute Gasteiger partial charge is 0.481 e. The number of carbonyl (C=O) groups is 1. The van der Waals surface area contributed by atoms with Crippen LogP contribution >= 0.6 is 11.3 Å². The normalized spacial score (nSPS) is 18.4. The number of thiazole rings is 1. The Kier molecular flexibility index (Phi) is 4.81. The lowest BCUT2D eigenvalue weighted by Crippen LogP contribution is -2.34. The molecule has 0 atom stereocenters. The number of carboxylic acids is 1. The molecule has 0 spiro atoms. The maximum Gasteiger partial charge on any atom is 0.303 e. The van der Waals surface area contributed by atoms with Crippen molar-refractivity contribution in [2.75, 3.05) is 13.1 Å². The van der Waals surface area contributed by atoms with Gasteiger partial charge in [-0.2, -0.15) is 0 Å². The molecule has 1 aromatic rings. The first-order valence-corrected chi connectivity index (χ1v) is 8.11. The fourth-order valence-electron chi connectivity index (χ4n) is 2.55. The third kappa shape index (κ3) is 4.28. The van der Waals surface area contributed by atoms with E-state index in [-0.39, 0.29) is 5.41 Å². The van der Waals surface area contributed by atoms with Crippen LogP contribution in [0.25, 0.3) is 0 Å². The van der Waals surface area contributed by atoms with E-state index in [9.17, 15) is 4.79 Å². The molecule has 112 valence electrons. The SMILES string of the molecule is CC(C)(C)c1nc(CN2CCC(CC(=O)O)CC2)cs1. The molecule has 4 nitrogen and oxygen atoms in total. The number of piperidine rings is 1. The highest BCUT2D eigenvalue weighted by Gasteiger charge is 2.23. The Hall–Kier alpha value is -0.940. The quantitative estimate of drug-likeness (QED) is 0.927. The Balaban J connectivity index is 1.84. The van der Waals surface area contributed by atoms with E-state index in [4.69, 9.17) is 10.1 Å². The monoisotopic (exact) mass is 296 g/mol. The van der Waals surface area contributed by atoms with Crippen molar-refractivity contribution in [1.29, 1.82) is 0 Å². The van der Waals surface area contributed by atoms with Crippen molar-refractivity contribution in [3.8, 4) is 0 Å². The maximum absolute atomic E-state index is 10.7. The Morgan fingerprint density at radius 3 is 2.60 bits per heavy atom. The van der Waals surface area contributed by atoms with Crippen LogP contribution in [0.4, 0.5) is 0 Å². The summed E-state index contributed by atoms with van der Waals surface area (Å²) in [6, 6.07) is 0. The topological polar surface area (TPSA) is 53.4 Å². The number of carboxylic acid groups (broad SMARTS) is 1. The van der Waals surface area contributed by atoms with Gasteiger partial charge in [-0.25, -0.2) is 4.98 Å². The van der Waals surface area contributed by atoms with E-state index < -0.39 is 5.97 Å². The molecule has 2 heterocycles. The number of likely N-dealkylation sites (tertiary alicyclic amines) is 1. The third-order valence-electron chi connectivity index (χ3n) is 3.75. The average molecular weight is 296 g/mol. The van der Waals surface area contributed by atoms with Crippen LogP contribution < -0.4 is 0 Å². The average Bonchev–Trinajstić information content (AvgIpc) is 2.79. The fraction of sp³-hybridized carbons (Fsp3) is 0.733. The van der Waals surface area contributed by atoms with Gasteiger partial charge in [-0.1, -0.05) is 20.8 Å². The highest BCUT2D eigenvalue weighted by atomic mass is 32.1. The summed E-state index contributed by atoms with van der Waals surface area (Å²) in [5.41, 5.74) is 1.27. The number of hydrogen-bond acceptors (Lipinski definition) is 4. The van der Waals surface area contributed by atoms with Gasteiger partial charge in [0.25, 0.3) is 0 Å². The molecule has 0 radical (unpaired) electrons. The summed E-state index contributed by atoms with van der Waals surface area (Å²) in [4.78, 5) is 17.8. The molecule has 1 aliphatic heterocycles. The molecule has 20 heavy (non-hydrogen) atoms. The molecule has 0 aliphatic carbocycles. The molecule has 2 rings (SSSR count). The zero-order valence-corrected chi connectivity index (χ0v) is 13.4. The van der Waals surface area contributed by atoms with E-state index in [0.29, 0.717) is 12.3 Å². The van der Waals surface area contributed by atoms with Crippen LogP contribution in [0.5, 0.6) is 0 Å². The van der Waals surface area contributed by atoms with Gasteiger partial charge in [0.2, 0.25) is 0 Å². The van der Waals surface area contributed by atoms with Crippen LogP contribution in [-0.4, -0.2) is 34.0 Å². The summed E-state index contributed by atoms with van der Waals surface area (Å²) in [6.45, 7) is 9.43. The Morgan fingerprint density at radius 2 is 2.10 bits per heavy atom. The van der Waals surface area contributed by atoms with E-state index in [1.54, 1.807) is 11.3 Å². The second-order valence-electron chi connectivity index (χ2n) is 6.71. The minimum Gasteiger partial charge on any atom is -0.481 e. The molecular weight excluding hydrogens is 272 g/mol. The minimum atomic E-state index is -0.669. The minimum absolute atomic E-state index is 0.122. The lowest BCUT2D eigenvalue weighted by atomic mass is 9.93. The number of aromatic nitrogens is 1. The summed E-state index contributed by atoms with van der Waals surface area (Å²) in [7, 11) is 0. The van der Waals surface area contributed by atoms with Crippen molar-refractivity contribution in [3.05, 3.63) is 16.1 Å². The third-order valence-corrected chi connectivity index (χ3v) is 5.07. The van der Waals surface area contributed by atoms with Gasteiger partial charge in [-0.3, -0.25) is 9.69 Å². The van der Waals surface area contributed by atoms with Crippen molar-refractivity contribution in [1.82, 2.24) is 9.88 Å². The second kappa shape index (κ2) is 6.22. The molecule has 1 fully saturated rings. The van der Waals surface area contributed by atoms with Crippen LogP contribution in [0, 0.1) is 5.92 Å². The molecule has 1 aromatic heterocycles. The first kappa shape index (κ1) is 15.4. The lowest BCUT2D eigenvalue weighted by Gasteiger charge is -2.30. The number of rotatable bonds is 4. The van der Waals surface area contributed by atoms with Crippen LogP contribution in [0.15, 0.2) is 5.38 Å². The predicted molar refractivity (Wildman–Crippen MR) is 81.1 cm³/mol. The van der Waals surface area contributed by atoms with Crippen LogP contribution in [0.2, 0.25) is 0 Å². The van der Waals surface area contributed by atoms with Crippen molar-refractivity contribution < 1.29 is 9.90 Å². The molecule has 1 N–H and O–H groups in total. The van der Waals surface area contributed by atoms with Crippen molar-refractivity contribution in [2.45, 2.75) is 52.0 Å². The van der Waals surface area contributed by atoms with Crippen molar-refractivity contribution >= 4 is 17.3 Å². The summed E-state index contributed by atoms with van der Waals surface area (Å²) in [5.74, 6) is -0.318. The molecular formula is C15H24N2O2S. The molecule has 0 saturated carbocycles. The smallest absolute Gasteiger partial charge is 0.303 e. The zero-order chi connectivity index (χ0) is 14.8. The molecule has 0 amide bonds. The van der Waals surface area contributed by atoms with Crippen LogP contribution in [-0.2, 0) is 16.8 Å². The molecule has 0 aromatic carbocycles. The highest BCUT2D eigenvalue weighted by molar-refractivity contribution is 7.09. The van der Waals surface area contributed by atoms with Gasteiger partial charge in [0.05, 0.1) is 10.7 Å². The van der Waals surface area contributed by atoms with Crippen LogP contribution in [0.3, 0.4) is 0 Å². The lowest BCUT2D eigenvalue weighted by molar-refractivity contribution is -0.138. The van der Waals surface area contributed by atoms with Crippen molar-refractivity contribution in [3.63, 3.8) is 0 Å². The van der Waals surface area contributed by atoms with E-state index >= 15 is 0 Å². The molecule has 5 heteroatoms. The van der Waals surface area contributed by atoms with Gasteiger partial charge >= 0.3 is 5.97 Å². The Bertz CT molecular complexity index is 457. The predicted octanol–water partition coefficient (Wildman–Crippen LogP) is 3.13. The van der Waals surface area contributed by atoms with Gasteiger partial charge < -0.3 is 5.11 Å². The molecule has 1 aliphatic rings. The zero-order valence-electron chi connectivity index (χ0n) is 12.6. The number of nitrogens with zero attached hydrogens (tertiary/aromatic N) is 2. The summed E-state index contributed by atoms with van der Waals surface area (Å²) < 4.78 is 0. The molecule has 0 unspecified atom stereocenters. The first-order chi connectivity index (χ1) is 9.34. The first-order valence-electron chi connectivity index (χ1n) is 7.23. The molecule has 1 saturated heterocycles. The number of hydrogen-bond donors (Lipinski definition) is 1. The van der Waals surface area contributed by atoms with Gasteiger partial charge in [0.15, 0.2) is 0 Å². The van der Waals surface area contributed by atoms with Gasteiger partial charge in [0.1, 0.15) is 0 Å². The van der Waals surface area contributed by atoms with Gasteiger partial charge in [0, 0.05) is 23.8 Å². The van der Waals surface area contributed by atoms with Crippen molar-refractivity contribution in [2.24, 2.45) is 5.92 Å². The fourth-order valence-corrected chi connectivity index (χ4v) is 3.45. The summed E-state index contributed by atoms with van der Waals surface area (Å²) >= 11 is 1.74. The van der Waals surface area contributed by atoms with E-state index in [1.807, 2.05) is 0 Å². The summed E-state index contributed by atoms with van der Waals surface area (Å²) in [5, 5.41) is 12.2. The standard InChI is InChI=1S/C15H24N2O2S/c1-15(2,3)14-16-12(10-20-14)9-17-6-4-11(5-7-17)8-13(18)19/h10-11H,4-9H2,1-3H3,(H,18,19). The maximum atomic E-state index is 10.7. The van der Waals surface area contributed by atoms with Gasteiger partial charge in [-0.05, 0) is 31.8 Å². The summed E-state index contributed by atoms with van der Waals surface area (Å²) in [6.07, 6.45) is 2.30. The Labute approximate surface area is 124 Å². The second-order valence-corrected chi connectivity index (χ2v) is 7.57. The highest BCUT2D eigenvalue weighted by Crippen LogP contribution is 2.27. The van der Waals surface area contributed by atoms with E-state index in [1.165, 1.54) is 5.01 Å².